The number of fused-ring (bicyclic) bond motifs is 1. The van der Waals surface area contributed by atoms with Gasteiger partial charge in [0.2, 0.25) is 5.89 Å². The Kier molecular flexibility index (Phi) is 3.18. The van der Waals surface area contributed by atoms with Gasteiger partial charge in [-0.25, -0.2) is 4.98 Å². The Morgan fingerprint density at radius 3 is 3.14 bits per heavy atom. The molecule has 3 aromatic rings. The summed E-state index contributed by atoms with van der Waals surface area (Å²) in [7, 11) is 0. The van der Waals surface area contributed by atoms with Crippen LogP contribution in [0.15, 0.2) is 41.1 Å². The van der Waals surface area contributed by atoms with Crippen molar-refractivity contribution in [3.05, 3.63) is 53.7 Å². The molecule has 2 aromatic heterocycles. The number of oxazole rings is 1. The van der Waals surface area contributed by atoms with Crippen molar-refractivity contribution < 1.29 is 4.42 Å². The normalized spacial score (nSPS) is 17.2. The molecule has 0 radical (unpaired) electrons. The SMILES string of the molecule is Cc1cnc(-c2cccc(NC3CCCc4[nH]ncc43)c2)o1. The van der Waals surface area contributed by atoms with E-state index in [1.165, 1.54) is 17.7 Å². The number of nitrogens with zero attached hydrogens (tertiary/aromatic N) is 2. The monoisotopic (exact) mass is 294 g/mol. The van der Waals surface area contributed by atoms with Gasteiger partial charge in [0.1, 0.15) is 5.76 Å². The maximum atomic E-state index is 5.60. The Hall–Kier alpha value is -2.56. The van der Waals surface area contributed by atoms with Crippen LogP contribution in [0, 0.1) is 6.92 Å². The highest BCUT2D eigenvalue weighted by atomic mass is 16.4. The van der Waals surface area contributed by atoms with Crippen LogP contribution in [0.1, 0.15) is 35.9 Å². The molecule has 1 unspecified atom stereocenters. The molecule has 1 aliphatic rings. The number of aromatic amines is 1. The van der Waals surface area contributed by atoms with Crippen LogP contribution < -0.4 is 5.32 Å². The fraction of sp³-hybridized carbons (Fsp3) is 0.294. The van der Waals surface area contributed by atoms with Crippen LogP contribution in [-0.2, 0) is 6.42 Å². The van der Waals surface area contributed by atoms with Crippen molar-refractivity contribution in [3.8, 4) is 11.5 Å². The van der Waals surface area contributed by atoms with E-state index in [1.54, 1.807) is 6.20 Å². The number of H-pyrrole nitrogens is 1. The van der Waals surface area contributed by atoms with E-state index in [0.29, 0.717) is 11.9 Å². The van der Waals surface area contributed by atoms with Crippen molar-refractivity contribution in [3.63, 3.8) is 0 Å². The van der Waals surface area contributed by atoms with Gasteiger partial charge < -0.3 is 9.73 Å². The van der Waals surface area contributed by atoms with Crippen molar-refractivity contribution in [2.75, 3.05) is 5.32 Å². The summed E-state index contributed by atoms with van der Waals surface area (Å²) in [5.41, 5.74) is 4.60. The van der Waals surface area contributed by atoms with Crippen LogP contribution in [0.4, 0.5) is 5.69 Å². The summed E-state index contributed by atoms with van der Waals surface area (Å²) in [6.07, 6.45) is 7.06. The van der Waals surface area contributed by atoms with Crippen LogP contribution >= 0.6 is 0 Å². The summed E-state index contributed by atoms with van der Waals surface area (Å²) >= 11 is 0. The Bertz CT molecular complexity index is 789. The first-order valence-electron chi connectivity index (χ1n) is 7.61. The summed E-state index contributed by atoms with van der Waals surface area (Å²) in [6.45, 7) is 1.90. The second kappa shape index (κ2) is 5.33. The summed E-state index contributed by atoms with van der Waals surface area (Å²) in [5, 5.41) is 10.9. The quantitative estimate of drug-likeness (QED) is 0.769. The molecule has 2 heterocycles. The zero-order valence-corrected chi connectivity index (χ0v) is 12.5. The molecule has 4 rings (SSSR count). The molecule has 5 nitrogen and oxygen atoms in total. The highest BCUT2D eigenvalue weighted by molar-refractivity contribution is 5.62. The van der Waals surface area contributed by atoms with E-state index in [4.69, 9.17) is 4.42 Å². The Morgan fingerprint density at radius 1 is 1.32 bits per heavy atom. The molecular weight excluding hydrogens is 276 g/mol. The molecule has 0 aliphatic heterocycles. The number of anilines is 1. The van der Waals surface area contributed by atoms with Crippen LogP contribution in [0.3, 0.4) is 0 Å². The summed E-state index contributed by atoms with van der Waals surface area (Å²) in [6, 6.07) is 8.51. The van der Waals surface area contributed by atoms with Gasteiger partial charge in [0.25, 0.3) is 0 Å². The van der Waals surface area contributed by atoms with Crippen LogP contribution in [0.25, 0.3) is 11.5 Å². The van der Waals surface area contributed by atoms with Gasteiger partial charge in [0.05, 0.1) is 18.4 Å². The van der Waals surface area contributed by atoms with Gasteiger partial charge in [-0.15, -0.1) is 0 Å². The third kappa shape index (κ3) is 2.39. The van der Waals surface area contributed by atoms with Crippen molar-refractivity contribution >= 4 is 5.69 Å². The minimum atomic E-state index is 0.309. The maximum Gasteiger partial charge on any atom is 0.226 e. The third-order valence-corrected chi connectivity index (χ3v) is 4.12. The fourth-order valence-corrected chi connectivity index (χ4v) is 3.04. The molecule has 0 bridgehead atoms. The molecule has 22 heavy (non-hydrogen) atoms. The number of aromatic nitrogens is 3. The van der Waals surface area contributed by atoms with Gasteiger partial charge in [-0.2, -0.15) is 5.10 Å². The molecule has 1 aliphatic carbocycles. The van der Waals surface area contributed by atoms with Gasteiger partial charge in [-0.3, -0.25) is 5.10 Å². The molecule has 1 atom stereocenters. The standard InChI is InChI=1S/C17H18N4O/c1-11-9-18-17(22-11)12-4-2-5-13(8-12)20-15-6-3-7-16-14(15)10-19-21-16/h2,4-5,8-10,15,20H,3,6-7H2,1H3,(H,19,21). The molecule has 0 amide bonds. The van der Waals surface area contributed by atoms with E-state index in [0.717, 1.165) is 29.9 Å². The second-order valence-electron chi connectivity index (χ2n) is 5.75. The van der Waals surface area contributed by atoms with Crippen LogP contribution in [0.5, 0.6) is 0 Å². The lowest BCUT2D eigenvalue weighted by Gasteiger charge is -2.24. The highest BCUT2D eigenvalue weighted by Crippen LogP contribution is 2.32. The molecule has 1 aromatic carbocycles. The predicted molar refractivity (Wildman–Crippen MR) is 84.6 cm³/mol. The first-order chi connectivity index (χ1) is 10.8. The van der Waals surface area contributed by atoms with E-state index in [-0.39, 0.29) is 0 Å². The van der Waals surface area contributed by atoms with Crippen LogP contribution in [0.2, 0.25) is 0 Å². The molecule has 0 saturated carbocycles. The zero-order valence-electron chi connectivity index (χ0n) is 12.5. The molecule has 5 heteroatoms. The zero-order chi connectivity index (χ0) is 14.9. The topological polar surface area (TPSA) is 66.7 Å². The fourth-order valence-electron chi connectivity index (χ4n) is 3.04. The average Bonchev–Trinajstić information content (AvgIpc) is 3.17. The van der Waals surface area contributed by atoms with E-state index >= 15 is 0 Å². The summed E-state index contributed by atoms with van der Waals surface area (Å²) in [5.74, 6) is 1.48. The Morgan fingerprint density at radius 2 is 2.27 bits per heavy atom. The summed E-state index contributed by atoms with van der Waals surface area (Å²) in [4.78, 5) is 4.29. The average molecular weight is 294 g/mol. The first-order valence-corrected chi connectivity index (χ1v) is 7.61. The molecule has 0 saturated heterocycles. The largest absolute Gasteiger partial charge is 0.441 e. The van der Waals surface area contributed by atoms with E-state index < -0.39 is 0 Å². The Labute approximate surface area is 128 Å². The van der Waals surface area contributed by atoms with Gasteiger partial charge in [0, 0.05) is 22.5 Å². The highest BCUT2D eigenvalue weighted by Gasteiger charge is 2.21. The van der Waals surface area contributed by atoms with Crippen molar-refractivity contribution in [2.24, 2.45) is 0 Å². The van der Waals surface area contributed by atoms with E-state index in [9.17, 15) is 0 Å². The van der Waals surface area contributed by atoms with Crippen molar-refractivity contribution in [1.82, 2.24) is 15.2 Å². The summed E-state index contributed by atoms with van der Waals surface area (Å²) < 4.78 is 5.60. The molecular formula is C17H18N4O. The number of rotatable bonds is 3. The lowest BCUT2D eigenvalue weighted by Crippen LogP contribution is -2.16. The predicted octanol–water partition coefficient (Wildman–Crippen LogP) is 3.86. The van der Waals surface area contributed by atoms with E-state index in [1.807, 2.05) is 25.3 Å². The van der Waals surface area contributed by atoms with Crippen LogP contribution in [-0.4, -0.2) is 15.2 Å². The lowest BCUT2D eigenvalue weighted by molar-refractivity contribution is 0.542. The Balaban J connectivity index is 1.60. The van der Waals surface area contributed by atoms with Crippen molar-refractivity contribution in [2.45, 2.75) is 32.2 Å². The number of hydrogen-bond donors (Lipinski definition) is 2. The molecule has 0 fully saturated rings. The number of aryl methyl sites for hydroxylation is 2. The minimum absolute atomic E-state index is 0.309. The van der Waals surface area contributed by atoms with E-state index in [2.05, 4.69) is 32.6 Å². The molecule has 2 N–H and O–H groups in total. The lowest BCUT2D eigenvalue weighted by atomic mass is 9.93. The minimum Gasteiger partial charge on any atom is -0.441 e. The first kappa shape index (κ1) is 13.1. The van der Waals surface area contributed by atoms with Gasteiger partial charge in [0.15, 0.2) is 0 Å². The molecule has 112 valence electrons. The molecule has 0 spiro atoms. The smallest absolute Gasteiger partial charge is 0.226 e. The number of nitrogens with one attached hydrogen (secondary N) is 2. The number of hydrogen-bond acceptors (Lipinski definition) is 4. The van der Waals surface area contributed by atoms with Gasteiger partial charge in [-0.05, 0) is 44.4 Å². The number of benzene rings is 1. The van der Waals surface area contributed by atoms with Gasteiger partial charge in [-0.1, -0.05) is 6.07 Å². The third-order valence-electron chi connectivity index (χ3n) is 4.12. The van der Waals surface area contributed by atoms with Crippen molar-refractivity contribution in [1.29, 1.82) is 0 Å². The maximum absolute atomic E-state index is 5.60. The second-order valence-corrected chi connectivity index (χ2v) is 5.75. The van der Waals surface area contributed by atoms with Gasteiger partial charge >= 0.3 is 0 Å².